The van der Waals surface area contributed by atoms with Gasteiger partial charge in [-0.1, -0.05) is 38.1 Å². The summed E-state index contributed by atoms with van der Waals surface area (Å²) in [6.45, 7) is 5.81. The topological polar surface area (TPSA) is 32.3 Å². The van der Waals surface area contributed by atoms with Gasteiger partial charge in [-0.2, -0.15) is 0 Å². The highest BCUT2D eigenvalue weighted by Gasteiger charge is 2.29. The quantitative estimate of drug-likeness (QED) is 0.872. The lowest BCUT2D eigenvalue weighted by Crippen LogP contribution is -2.47. The Kier molecular flexibility index (Phi) is 7.91. The first-order valence-corrected chi connectivity index (χ1v) is 8.19. The Morgan fingerprint density at radius 2 is 2.05 bits per heavy atom. The van der Waals surface area contributed by atoms with Crippen LogP contribution < -0.4 is 5.32 Å². The fraction of sp³-hybridized carbons (Fsp3) is 0.611. The molecule has 22 heavy (non-hydrogen) atoms. The summed E-state index contributed by atoms with van der Waals surface area (Å²) in [4.78, 5) is 14.9. The predicted octanol–water partition coefficient (Wildman–Crippen LogP) is 3.06. The minimum atomic E-state index is 0. The van der Waals surface area contributed by atoms with E-state index in [1.807, 2.05) is 14.0 Å². The summed E-state index contributed by atoms with van der Waals surface area (Å²) in [5.74, 6) is 0.356. The van der Waals surface area contributed by atoms with Gasteiger partial charge in [0.1, 0.15) is 0 Å². The largest absolute Gasteiger partial charge is 0.339 e. The number of carbonyl (C=O) groups excluding carboxylic acids is 1. The number of benzene rings is 1. The third-order valence-corrected chi connectivity index (χ3v) is 4.44. The van der Waals surface area contributed by atoms with Gasteiger partial charge in [-0.25, -0.2) is 0 Å². The van der Waals surface area contributed by atoms with Gasteiger partial charge < -0.3 is 10.2 Å². The third-order valence-electron chi connectivity index (χ3n) is 4.44. The average Bonchev–Trinajstić information content (AvgIpc) is 2.51. The highest BCUT2D eigenvalue weighted by atomic mass is 35.5. The van der Waals surface area contributed by atoms with Crippen LogP contribution in [0.1, 0.15) is 37.8 Å². The summed E-state index contributed by atoms with van der Waals surface area (Å²) in [7, 11) is 1.91. The van der Waals surface area contributed by atoms with Crippen LogP contribution in [0.15, 0.2) is 24.3 Å². The summed E-state index contributed by atoms with van der Waals surface area (Å²) in [5, 5.41) is 3.12. The first-order chi connectivity index (χ1) is 10.2. The molecule has 124 valence electrons. The van der Waals surface area contributed by atoms with E-state index in [1.165, 1.54) is 11.1 Å². The first-order valence-electron chi connectivity index (χ1n) is 8.19. The standard InChI is InChI=1S/C18H28N2O.ClH/c1-4-11-20(18(21)14(2)13-19-3)17-10-9-15-7-5-6-8-16(15)12-17;/h5-8,14,17,19H,4,9-13H2,1-3H3;1H. The number of amides is 1. The number of hydrogen-bond donors (Lipinski definition) is 1. The molecule has 1 aromatic carbocycles. The van der Waals surface area contributed by atoms with E-state index in [0.29, 0.717) is 11.9 Å². The Bertz CT molecular complexity index is 478. The van der Waals surface area contributed by atoms with Gasteiger partial charge in [-0.3, -0.25) is 4.79 Å². The van der Waals surface area contributed by atoms with Gasteiger partial charge in [0.25, 0.3) is 0 Å². The van der Waals surface area contributed by atoms with Crippen molar-refractivity contribution in [3.63, 3.8) is 0 Å². The lowest BCUT2D eigenvalue weighted by atomic mass is 9.87. The Morgan fingerprint density at radius 3 is 2.68 bits per heavy atom. The van der Waals surface area contributed by atoms with Crippen molar-refractivity contribution < 1.29 is 4.79 Å². The Morgan fingerprint density at radius 1 is 1.36 bits per heavy atom. The molecule has 0 fully saturated rings. The number of aryl methyl sites for hydroxylation is 1. The fourth-order valence-electron chi connectivity index (χ4n) is 3.33. The molecule has 4 heteroatoms. The van der Waals surface area contributed by atoms with Crippen LogP contribution in [0.4, 0.5) is 0 Å². The summed E-state index contributed by atoms with van der Waals surface area (Å²) in [6, 6.07) is 9.03. The minimum Gasteiger partial charge on any atom is -0.339 e. The van der Waals surface area contributed by atoms with E-state index in [1.54, 1.807) is 0 Å². The second kappa shape index (κ2) is 9.16. The normalized spacial score (nSPS) is 18.0. The van der Waals surface area contributed by atoms with E-state index in [0.717, 1.165) is 38.8 Å². The van der Waals surface area contributed by atoms with Crippen molar-refractivity contribution in [1.29, 1.82) is 0 Å². The maximum Gasteiger partial charge on any atom is 0.226 e. The highest BCUT2D eigenvalue weighted by Crippen LogP contribution is 2.25. The molecule has 2 unspecified atom stereocenters. The number of fused-ring (bicyclic) bond motifs is 1. The number of halogens is 1. The van der Waals surface area contributed by atoms with Gasteiger partial charge in [0.05, 0.1) is 0 Å². The third kappa shape index (κ3) is 4.47. The van der Waals surface area contributed by atoms with Crippen LogP contribution in [-0.4, -0.2) is 37.0 Å². The molecule has 1 aliphatic carbocycles. The molecule has 1 amide bonds. The summed E-state index contributed by atoms with van der Waals surface area (Å²) < 4.78 is 0. The van der Waals surface area contributed by atoms with Crippen LogP contribution in [-0.2, 0) is 17.6 Å². The number of nitrogens with one attached hydrogen (secondary N) is 1. The average molecular weight is 325 g/mol. The van der Waals surface area contributed by atoms with Gasteiger partial charge in [0.2, 0.25) is 5.91 Å². The van der Waals surface area contributed by atoms with Crippen molar-refractivity contribution in [3.8, 4) is 0 Å². The number of hydrogen-bond acceptors (Lipinski definition) is 2. The van der Waals surface area contributed by atoms with Gasteiger partial charge in [0, 0.05) is 25.0 Å². The van der Waals surface area contributed by atoms with Crippen LogP contribution in [0.25, 0.3) is 0 Å². The molecule has 2 atom stereocenters. The number of nitrogens with zero attached hydrogens (tertiary/aromatic N) is 1. The molecule has 0 saturated carbocycles. The molecule has 3 nitrogen and oxygen atoms in total. The zero-order chi connectivity index (χ0) is 15.2. The lowest BCUT2D eigenvalue weighted by molar-refractivity contribution is -0.137. The monoisotopic (exact) mass is 324 g/mol. The molecular weight excluding hydrogens is 296 g/mol. The highest BCUT2D eigenvalue weighted by molar-refractivity contribution is 5.85. The summed E-state index contributed by atoms with van der Waals surface area (Å²) >= 11 is 0. The molecule has 0 heterocycles. The van der Waals surface area contributed by atoms with E-state index in [9.17, 15) is 4.79 Å². The molecule has 0 saturated heterocycles. The second-order valence-electron chi connectivity index (χ2n) is 6.16. The minimum absolute atomic E-state index is 0. The Labute approximate surface area is 140 Å². The molecule has 0 radical (unpaired) electrons. The van der Waals surface area contributed by atoms with Crippen LogP contribution in [0.5, 0.6) is 0 Å². The van der Waals surface area contributed by atoms with Crippen molar-refractivity contribution in [2.75, 3.05) is 20.1 Å². The van der Waals surface area contributed by atoms with E-state index in [-0.39, 0.29) is 18.3 Å². The van der Waals surface area contributed by atoms with E-state index in [2.05, 4.69) is 41.4 Å². The van der Waals surface area contributed by atoms with Crippen molar-refractivity contribution in [1.82, 2.24) is 10.2 Å². The van der Waals surface area contributed by atoms with Crippen LogP contribution >= 0.6 is 12.4 Å². The molecular formula is C18H29ClN2O. The predicted molar refractivity (Wildman–Crippen MR) is 94.6 cm³/mol. The zero-order valence-electron chi connectivity index (χ0n) is 14.0. The first kappa shape index (κ1) is 19.0. The smallest absolute Gasteiger partial charge is 0.226 e. The number of rotatable bonds is 6. The zero-order valence-corrected chi connectivity index (χ0v) is 14.8. The molecule has 1 aliphatic rings. The molecule has 0 spiro atoms. The van der Waals surface area contributed by atoms with E-state index in [4.69, 9.17) is 0 Å². The maximum atomic E-state index is 12.7. The molecule has 1 aromatic rings. The summed E-state index contributed by atoms with van der Waals surface area (Å²) in [5.41, 5.74) is 2.88. The van der Waals surface area contributed by atoms with Gasteiger partial charge >= 0.3 is 0 Å². The Balaban J connectivity index is 0.00000242. The van der Waals surface area contributed by atoms with Crippen molar-refractivity contribution in [2.45, 2.75) is 45.6 Å². The van der Waals surface area contributed by atoms with E-state index >= 15 is 0 Å². The molecule has 2 rings (SSSR count). The van der Waals surface area contributed by atoms with Gasteiger partial charge in [-0.05, 0) is 43.9 Å². The molecule has 0 aromatic heterocycles. The molecule has 1 N–H and O–H groups in total. The molecule has 0 aliphatic heterocycles. The maximum absolute atomic E-state index is 12.7. The van der Waals surface area contributed by atoms with Crippen LogP contribution in [0, 0.1) is 5.92 Å². The second-order valence-corrected chi connectivity index (χ2v) is 6.16. The van der Waals surface area contributed by atoms with Crippen LogP contribution in [0.3, 0.4) is 0 Å². The number of carbonyl (C=O) groups is 1. The van der Waals surface area contributed by atoms with Gasteiger partial charge in [-0.15, -0.1) is 12.4 Å². The van der Waals surface area contributed by atoms with E-state index < -0.39 is 0 Å². The van der Waals surface area contributed by atoms with Crippen LogP contribution in [0.2, 0.25) is 0 Å². The van der Waals surface area contributed by atoms with Gasteiger partial charge in [0.15, 0.2) is 0 Å². The molecule has 0 bridgehead atoms. The van der Waals surface area contributed by atoms with Crippen molar-refractivity contribution in [2.24, 2.45) is 5.92 Å². The van der Waals surface area contributed by atoms with Crippen molar-refractivity contribution in [3.05, 3.63) is 35.4 Å². The summed E-state index contributed by atoms with van der Waals surface area (Å²) in [6.07, 6.45) is 4.22. The SMILES string of the molecule is CCCN(C(=O)C(C)CNC)C1CCc2ccccc2C1.Cl. The lowest BCUT2D eigenvalue weighted by Gasteiger charge is -2.36. The Hall–Kier alpha value is -1.06. The van der Waals surface area contributed by atoms with Crippen molar-refractivity contribution >= 4 is 18.3 Å². The fourth-order valence-corrected chi connectivity index (χ4v) is 3.33.